The Balaban J connectivity index is 1.42. The Morgan fingerprint density at radius 1 is 1.13 bits per heavy atom. The van der Waals surface area contributed by atoms with E-state index < -0.39 is 17.6 Å². The van der Waals surface area contributed by atoms with Gasteiger partial charge in [0.05, 0.1) is 23.6 Å². The summed E-state index contributed by atoms with van der Waals surface area (Å²) in [5.74, 6) is 0.188. The molecule has 0 aliphatic carbocycles. The Kier molecular flexibility index (Phi) is 9.72. The summed E-state index contributed by atoms with van der Waals surface area (Å²) in [6, 6.07) is 11.1. The Labute approximate surface area is 260 Å². The minimum Gasteiger partial charge on any atom is -0.487 e. The molecule has 5 rings (SSSR count). The van der Waals surface area contributed by atoms with E-state index >= 15 is 0 Å². The molecule has 13 heteroatoms. The number of likely N-dealkylation sites (tertiary alicyclic amines) is 1. The van der Waals surface area contributed by atoms with Crippen LogP contribution in [0.25, 0.3) is 11.3 Å². The number of anilines is 1. The molecule has 1 amide bonds. The molecule has 10 nitrogen and oxygen atoms in total. The average Bonchev–Trinajstić information content (AvgIpc) is 3.44. The smallest absolute Gasteiger partial charge is 0.433 e. The molecule has 2 saturated heterocycles. The Morgan fingerprint density at radius 2 is 1.96 bits per heavy atom. The van der Waals surface area contributed by atoms with Crippen molar-refractivity contribution in [1.29, 1.82) is 5.26 Å². The molecular weight excluding hydrogens is 587 g/mol. The fourth-order valence-electron chi connectivity index (χ4n) is 5.93. The van der Waals surface area contributed by atoms with Gasteiger partial charge in [0.2, 0.25) is 5.88 Å². The minimum atomic E-state index is -4.66. The second-order valence-electron chi connectivity index (χ2n) is 11.2. The molecule has 0 saturated carbocycles. The van der Waals surface area contributed by atoms with Gasteiger partial charge >= 0.3 is 6.18 Å². The molecule has 2 aliphatic heterocycles. The quantitative estimate of drug-likeness (QED) is 0.348. The molecule has 3 atom stereocenters. The lowest BCUT2D eigenvalue weighted by Gasteiger charge is -2.41. The number of aromatic nitrogens is 3. The van der Waals surface area contributed by atoms with Gasteiger partial charge in [-0.3, -0.25) is 4.79 Å². The monoisotopic (exact) mass is 623 g/mol. The van der Waals surface area contributed by atoms with Crippen LogP contribution in [0, 0.1) is 11.3 Å². The van der Waals surface area contributed by atoms with E-state index in [1.807, 2.05) is 39.1 Å². The van der Waals surface area contributed by atoms with Gasteiger partial charge in [0.15, 0.2) is 17.1 Å². The highest BCUT2D eigenvalue weighted by atomic mass is 19.4. The SMILES string of the molecule is CCOc1ncccc1-c1ccc(N2CC[C@H](Oc3ccc(C(F)(F)F)nc3C#N)C[C@@H]2CC)c(C(=O)N[C@@H]2CCN(C)C2)n1. The van der Waals surface area contributed by atoms with Crippen LogP contribution in [0.15, 0.2) is 42.6 Å². The lowest BCUT2D eigenvalue weighted by Crippen LogP contribution is -2.47. The van der Waals surface area contributed by atoms with E-state index in [1.54, 1.807) is 18.3 Å². The molecule has 45 heavy (non-hydrogen) atoms. The summed E-state index contributed by atoms with van der Waals surface area (Å²) in [5, 5.41) is 12.6. The van der Waals surface area contributed by atoms with Crippen molar-refractivity contribution < 1.29 is 27.4 Å². The van der Waals surface area contributed by atoms with Gasteiger partial charge in [0, 0.05) is 44.2 Å². The van der Waals surface area contributed by atoms with Crippen LogP contribution in [0.5, 0.6) is 11.6 Å². The summed E-state index contributed by atoms with van der Waals surface area (Å²) in [4.78, 5) is 30.8. The molecule has 238 valence electrons. The molecule has 1 N–H and O–H groups in total. The largest absolute Gasteiger partial charge is 0.487 e. The van der Waals surface area contributed by atoms with Crippen LogP contribution in [-0.4, -0.2) is 77.2 Å². The standard InChI is InChI=1S/C32H36F3N7O3/c1-4-21-17-22(45-27-10-11-28(32(33,34)35)39-25(27)18-36)13-16-42(21)26-9-8-24(23-7-6-14-37-31(23)44-5-2)40-29(26)30(43)38-20-12-15-41(3)19-20/h6-11,14,20-22H,4-5,12-13,15-17,19H2,1-3H3,(H,38,43)/t20-,21+,22+/m1/s1. The molecule has 0 aromatic carbocycles. The number of alkyl halides is 3. The van der Waals surface area contributed by atoms with Crippen LogP contribution in [0.2, 0.25) is 0 Å². The van der Waals surface area contributed by atoms with E-state index in [4.69, 9.17) is 14.5 Å². The number of nitrogens with zero attached hydrogens (tertiary/aromatic N) is 6. The van der Waals surface area contributed by atoms with Crippen molar-refractivity contribution >= 4 is 11.6 Å². The number of hydrogen-bond donors (Lipinski definition) is 1. The maximum absolute atomic E-state index is 13.8. The number of nitrogens with one attached hydrogen (secondary N) is 1. The van der Waals surface area contributed by atoms with Crippen molar-refractivity contribution in [3.63, 3.8) is 0 Å². The molecule has 0 unspecified atom stereocenters. The Bertz CT molecular complexity index is 1560. The number of ether oxygens (including phenoxy) is 2. The number of amides is 1. The van der Waals surface area contributed by atoms with Crippen molar-refractivity contribution in [2.24, 2.45) is 0 Å². The van der Waals surface area contributed by atoms with Crippen LogP contribution >= 0.6 is 0 Å². The number of hydrogen-bond acceptors (Lipinski definition) is 9. The number of carbonyl (C=O) groups excluding carboxylic acids is 1. The number of rotatable bonds is 9. The van der Waals surface area contributed by atoms with Crippen LogP contribution in [0.4, 0.5) is 18.9 Å². The van der Waals surface area contributed by atoms with Crippen molar-refractivity contribution in [2.75, 3.05) is 38.2 Å². The molecule has 3 aromatic heterocycles. The van der Waals surface area contributed by atoms with Gasteiger partial charge in [-0.2, -0.15) is 18.4 Å². The van der Waals surface area contributed by atoms with E-state index in [2.05, 4.69) is 25.1 Å². The fourth-order valence-corrected chi connectivity index (χ4v) is 5.93. The number of carbonyl (C=O) groups is 1. The van der Waals surface area contributed by atoms with E-state index in [1.165, 1.54) is 0 Å². The minimum absolute atomic E-state index is 0.00552. The molecule has 5 heterocycles. The summed E-state index contributed by atoms with van der Waals surface area (Å²) in [6.07, 6.45) is -0.788. The summed E-state index contributed by atoms with van der Waals surface area (Å²) in [6.45, 7) is 6.48. The highest BCUT2D eigenvalue weighted by Crippen LogP contribution is 2.35. The highest BCUT2D eigenvalue weighted by Gasteiger charge is 2.35. The molecule has 0 bridgehead atoms. The van der Waals surface area contributed by atoms with Gasteiger partial charge in [0.1, 0.15) is 17.9 Å². The summed E-state index contributed by atoms with van der Waals surface area (Å²) in [7, 11) is 2.02. The summed E-state index contributed by atoms with van der Waals surface area (Å²) >= 11 is 0. The first-order chi connectivity index (χ1) is 21.6. The first kappa shape index (κ1) is 32.0. The van der Waals surface area contributed by atoms with Crippen molar-refractivity contribution in [3.8, 4) is 29.0 Å². The number of pyridine rings is 3. The molecular formula is C32H36F3N7O3. The van der Waals surface area contributed by atoms with Gasteiger partial charge in [-0.05, 0) is 69.8 Å². The topological polar surface area (TPSA) is 116 Å². The Hall–Kier alpha value is -4.44. The number of piperidine rings is 1. The molecule has 0 radical (unpaired) electrons. The van der Waals surface area contributed by atoms with Crippen LogP contribution in [-0.2, 0) is 6.18 Å². The third-order valence-electron chi connectivity index (χ3n) is 8.14. The van der Waals surface area contributed by atoms with Crippen molar-refractivity contribution in [3.05, 3.63) is 59.7 Å². The lowest BCUT2D eigenvalue weighted by molar-refractivity contribution is -0.141. The van der Waals surface area contributed by atoms with Crippen molar-refractivity contribution in [2.45, 2.75) is 63.9 Å². The zero-order valence-corrected chi connectivity index (χ0v) is 25.5. The van der Waals surface area contributed by atoms with Crippen LogP contribution in [0.3, 0.4) is 0 Å². The van der Waals surface area contributed by atoms with Crippen molar-refractivity contribution in [1.82, 2.24) is 25.2 Å². The van der Waals surface area contributed by atoms with Gasteiger partial charge < -0.3 is 24.6 Å². The van der Waals surface area contributed by atoms with E-state index in [9.17, 15) is 23.2 Å². The number of nitriles is 1. The maximum Gasteiger partial charge on any atom is 0.433 e. The zero-order valence-electron chi connectivity index (χ0n) is 25.5. The van der Waals surface area contributed by atoms with Gasteiger partial charge in [-0.25, -0.2) is 15.0 Å². The van der Waals surface area contributed by atoms with E-state index in [0.29, 0.717) is 60.9 Å². The molecule has 2 aliphatic rings. The van der Waals surface area contributed by atoms with Gasteiger partial charge in [-0.1, -0.05) is 6.92 Å². The second kappa shape index (κ2) is 13.7. The summed E-state index contributed by atoms with van der Waals surface area (Å²) < 4.78 is 51.2. The lowest BCUT2D eigenvalue weighted by atomic mass is 9.95. The maximum atomic E-state index is 13.8. The molecule has 3 aromatic rings. The molecule has 0 spiro atoms. The van der Waals surface area contributed by atoms with E-state index in [-0.39, 0.29) is 29.8 Å². The first-order valence-corrected chi connectivity index (χ1v) is 15.1. The fraction of sp³-hybridized carbons (Fsp3) is 0.469. The van der Waals surface area contributed by atoms with Gasteiger partial charge in [0.25, 0.3) is 5.91 Å². The highest BCUT2D eigenvalue weighted by molar-refractivity contribution is 5.99. The Morgan fingerprint density at radius 3 is 2.64 bits per heavy atom. The third-order valence-corrected chi connectivity index (χ3v) is 8.14. The normalized spacial score (nSPS) is 20.5. The predicted molar refractivity (Wildman–Crippen MR) is 161 cm³/mol. The van der Waals surface area contributed by atoms with Crippen LogP contribution < -0.4 is 19.7 Å². The number of likely N-dealkylation sites (N-methyl/N-ethyl adjacent to an activating group) is 1. The van der Waals surface area contributed by atoms with Gasteiger partial charge in [-0.15, -0.1) is 0 Å². The average molecular weight is 624 g/mol. The van der Waals surface area contributed by atoms with Crippen LogP contribution in [0.1, 0.15) is 61.4 Å². The number of halogens is 3. The predicted octanol–water partition coefficient (Wildman–Crippen LogP) is 5.09. The zero-order chi connectivity index (χ0) is 32.1. The first-order valence-electron chi connectivity index (χ1n) is 15.1. The summed E-state index contributed by atoms with van der Waals surface area (Å²) in [5.41, 5.74) is 0.678. The third kappa shape index (κ3) is 7.28. The van der Waals surface area contributed by atoms with E-state index in [0.717, 1.165) is 31.6 Å². The second-order valence-corrected chi connectivity index (χ2v) is 11.2. The molecule has 2 fully saturated rings.